The van der Waals surface area contributed by atoms with Gasteiger partial charge in [0.1, 0.15) is 5.69 Å². The average molecular weight is 299 g/mol. The van der Waals surface area contributed by atoms with Gasteiger partial charge in [0.2, 0.25) is 0 Å². The molecule has 0 bridgehead atoms. The summed E-state index contributed by atoms with van der Waals surface area (Å²) in [5.41, 5.74) is 0.738. The minimum absolute atomic E-state index is 0.0331. The van der Waals surface area contributed by atoms with E-state index in [1.54, 1.807) is 0 Å². The minimum atomic E-state index is 0.0331. The Morgan fingerprint density at radius 3 is 2.94 bits per heavy atom. The molecule has 1 aromatic heterocycles. The van der Waals surface area contributed by atoms with Crippen molar-refractivity contribution in [3.05, 3.63) is 22.4 Å². The lowest BCUT2D eigenvalue weighted by molar-refractivity contribution is 0.0928. The van der Waals surface area contributed by atoms with Gasteiger partial charge in [-0.3, -0.25) is 4.79 Å². The Morgan fingerprint density at radius 1 is 1.65 bits per heavy atom. The van der Waals surface area contributed by atoms with Crippen molar-refractivity contribution in [2.24, 2.45) is 5.92 Å². The van der Waals surface area contributed by atoms with Gasteiger partial charge in [0.15, 0.2) is 0 Å². The van der Waals surface area contributed by atoms with Gasteiger partial charge in [-0.2, -0.15) is 0 Å². The fourth-order valence-corrected chi connectivity index (χ4v) is 2.60. The van der Waals surface area contributed by atoms with Crippen molar-refractivity contribution in [1.82, 2.24) is 9.88 Å². The van der Waals surface area contributed by atoms with E-state index < -0.39 is 0 Å². The molecule has 1 amide bonds. The van der Waals surface area contributed by atoms with E-state index in [0.717, 1.165) is 29.1 Å². The van der Waals surface area contributed by atoms with Crippen LogP contribution in [0.25, 0.3) is 0 Å². The first-order chi connectivity index (χ1) is 8.10. The molecule has 17 heavy (non-hydrogen) atoms. The van der Waals surface area contributed by atoms with Crippen LogP contribution in [0.2, 0.25) is 0 Å². The van der Waals surface area contributed by atoms with E-state index in [9.17, 15) is 4.79 Å². The molecule has 1 unspecified atom stereocenters. The lowest BCUT2D eigenvalue weighted by atomic mass is 10.1. The van der Waals surface area contributed by atoms with E-state index in [4.69, 9.17) is 0 Å². The number of carbonyl (C=O) groups excluding carboxylic acids is 1. The van der Waals surface area contributed by atoms with Crippen LogP contribution >= 0.6 is 15.9 Å². The van der Waals surface area contributed by atoms with E-state index in [1.807, 2.05) is 23.8 Å². The maximum absolute atomic E-state index is 12.1. The summed E-state index contributed by atoms with van der Waals surface area (Å²) in [6.07, 6.45) is 5.72. The SMILES string of the molecule is CCn1cc(Br)cc1C(=O)NC(C)CC1CC1. The van der Waals surface area contributed by atoms with Crippen molar-refractivity contribution in [2.45, 2.75) is 45.7 Å². The molecule has 2 rings (SSSR count). The molecule has 4 heteroatoms. The molecule has 94 valence electrons. The normalized spacial score (nSPS) is 16.9. The first kappa shape index (κ1) is 12.7. The van der Waals surface area contributed by atoms with Gasteiger partial charge in [0.05, 0.1) is 0 Å². The zero-order chi connectivity index (χ0) is 12.4. The molecule has 1 heterocycles. The molecule has 3 nitrogen and oxygen atoms in total. The first-order valence-corrected chi connectivity index (χ1v) is 7.06. The van der Waals surface area contributed by atoms with Crippen molar-refractivity contribution in [3.63, 3.8) is 0 Å². The third kappa shape index (κ3) is 3.35. The zero-order valence-corrected chi connectivity index (χ0v) is 12.0. The third-order valence-electron chi connectivity index (χ3n) is 3.20. The molecule has 1 N–H and O–H groups in total. The lowest BCUT2D eigenvalue weighted by Gasteiger charge is -2.14. The summed E-state index contributed by atoms with van der Waals surface area (Å²) in [6.45, 7) is 4.94. The number of hydrogen-bond donors (Lipinski definition) is 1. The number of halogens is 1. The molecule has 0 radical (unpaired) electrons. The van der Waals surface area contributed by atoms with Gasteiger partial charge in [-0.1, -0.05) is 12.8 Å². The quantitative estimate of drug-likeness (QED) is 0.890. The summed E-state index contributed by atoms with van der Waals surface area (Å²) in [5.74, 6) is 0.876. The molecule has 1 saturated carbocycles. The standard InChI is InChI=1S/C13H19BrN2O/c1-3-16-8-11(14)7-12(16)13(17)15-9(2)6-10-4-5-10/h7-10H,3-6H2,1-2H3,(H,15,17). The molecule has 0 spiro atoms. The smallest absolute Gasteiger partial charge is 0.268 e. The Bertz CT molecular complexity index is 410. The summed E-state index contributed by atoms with van der Waals surface area (Å²) < 4.78 is 2.92. The van der Waals surface area contributed by atoms with Crippen molar-refractivity contribution in [2.75, 3.05) is 0 Å². The average Bonchev–Trinajstić information content (AvgIpc) is 2.98. The van der Waals surface area contributed by atoms with E-state index in [-0.39, 0.29) is 11.9 Å². The topological polar surface area (TPSA) is 34.0 Å². The Morgan fingerprint density at radius 2 is 2.35 bits per heavy atom. The van der Waals surface area contributed by atoms with Gasteiger partial charge in [-0.15, -0.1) is 0 Å². The monoisotopic (exact) mass is 298 g/mol. The second-order valence-electron chi connectivity index (χ2n) is 4.88. The number of amides is 1. The van der Waals surface area contributed by atoms with Crippen LogP contribution in [-0.4, -0.2) is 16.5 Å². The number of aryl methyl sites for hydroxylation is 1. The second-order valence-corrected chi connectivity index (χ2v) is 5.80. The molecule has 1 aliphatic carbocycles. The molecule has 1 aromatic rings. The summed E-state index contributed by atoms with van der Waals surface area (Å²) >= 11 is 3.41. The number of nitrogens with zero attached hydrogens (tertiary/aromatic N) is 1. The number of carbonyl (C=O) groups is 1. The van der Waals surface area contributed by atoms with E-state index in [2.05, 4.69) is 28.2 Å². The second kappa shape index (κ2) is 5.25. The van der Waals surface area contributed by atoms with Gasteiger partial charge in [-0.25, -0.2) is 0 Å². The summed E-state index contributed by atoms with van der Waals surface area (Å²) in [5, 5.41) is 3.07. The minimum Gasteiger partial charge on any atom is -0.348 e. The van der Waals surface area contributed by atoms with Crippen LogP contribution in [-0.2, 0) is 6.54 Å². The van der Waals surface area contributed by atoms with E-state index in [0.29, 0.717) is 0 Å². The van der Waals surface area contributed by atoms with Gasteiger partial charge in [0, 0.05) is 23.3 Å². The number of aromatic nitrogens is 1. The fraction of sp³-hybridized carbons (Fsp3) is 0.615. The highest BCUT2D eigenvalue weighted by Gasteiger charge is 2.24. The van der Waals surface area contributed by atoms with Crippen molar-refractivity contribution < 1.29 is 4.79 Å². The van der Waals surface area contributed by atoms with Gasteiger partial charge in [-0.05, 0) is 48.2 Å². The molecular weight excluding hydrogens is 280 g/mol. The summed E-state index contributed by atoms with van der Waals surface area (Å²) in [6, 6.07) is 2.15. The number of rotatable bonds is 5. The molecule has 0 aliphatic heterocycles. The van der Waals surface area contributed by atoms with Crippen molar-refractivity contribution >= 4 is 21.8 Å². The molecule has 0 aromatic carbocycles. The maximum atomic E-state index is 12.1. The van der Waals surface area contributed by atoms with Crippen LogP contribution in [0, 0.1) is 5.92 Å². The Kier molecular flexibility index (Phi) is 3.92. The highest BCUT2D eigenvalue weighted by atomic mass is 79.9. The van der Waals surface area contributed by atoms with E-state index >= 15 is 0 Å². The lowest BCUT2D eigenvalue weighted by Crippen LogP contribution is -2.34. The van der Waals surface area contributed by atoms with Crippen molar-refractivity contribution in [1.29, 1.82) is 0 Å². The Hall–Kier alpha value is -0.770. The van der Waals surface area contributed by atoms with Crippen LogP contribution in [0.5, 0.6) is 0 Å². The van der Waals surface area contributed by atoms with Crippen LogP contribution in [0.1, 0.15) is 43.6 Å². The van der Waals surface area contributed by atoms with Crippen LogP contribution < -0.4 is 5.32 Å². The number of hydrogen-bond acceptors (Lipinski definition) is 1. The number of nitrogens with one attached hydrogen (secondary N) is 1. The molecule has 1 atom stereocenters. The predicted octanol–water partition coefficient (Wildman–Crippen LogP) is 3.19. The molecule has 1 aliphatic rings. The first-order valence-electron chi connectivity index (χ1n) is 6.26. The Balaban J connectivity index is 1.97. The molecular formula is C13H19BrN2O. The largest absolute Gasteiger partial charge is 0.348 e. The molecule has 0 saturated heterocycles. The van der Waals surface area contributed by atoms with E-state index in [1.165, 1.54) is 12.8 Å². The van der Waals surface area contributed by atoms with Crippen LogP contribution in [0.4, 0.5) is 0 Å². The molecule has 1 fully saturated rings. The predicted molar refractivity (Wildman–Crippen MR) is 72.1 cm³/mol. The highest BCUT2D eigenvalue weighted by Crippen LogP contribution is 2.33. The van der Waals surface area contributed by atoms with Crippen molar-refractivity contribution in [3.8, 4) is 0 Å². The fourth-order valence-electron chi connectivity index (χ4n) is 2.14. The zero-order valence-electron chi connectivity index (χ0n) is 10.4. The van der Waals surface area contributed by atoms with Crippen LogP contribution in [0.3, 0.4) is 0 Å². The maximum Gasteiger partial charge on any atom is 0.268 e. The summed E-state index contributed by atoms with van der Waals surface area (Å²) in [7, 11) is 0. The van der Waals surface area contributed by atoms with Gasteiger partial charge < -0.3 is 9.88 Å². The third-order valence-corrected chi connectivity index (χ3v) is 3.63. The van der Waals surface area contributed by atoms with Gasteiger partial charge in [0.25, 0.3) is 5.91 Å². The van der Waals surface area contributed by atoms with Gasteiger partial charge >= 0.3 is 0 Å². The van der Waals surface area contributed by atoms with Crippen LogP contribution in [0.15, 0.2) is 16.7 Å². The summed E-state index contributed by atoms with van der Waals surface area (Å²) in [4.78, 5) is 12.1. The Labute approximate surface area is 111 Å². The highest BCUT2D eigenvalue weighted by molar-refractivity contribution is 9.10.